The second kappa shape index (κ2) is 4.37. The number of ether oxygens (including phenoxy) is 2. The summed E-state index contributed by atoms with van der Waals surface area (Å²) in [6.45, 7) is 0. The second-order valence-electron chi connectivity index (χ2n) is 3.53. The largest absolute Gasteiger partial charge is 0.496 e. The van der Waals surface area contributed by atoms with E-state index in [1.165, 1.54) is 32.6 Å². The fourth-order valence-corrected chi connectivity index (χ4v) is 1.73. The van der Waals surface area contributed by atoms with Gasteiger partial charge in [-0.2, -0.15) is 0 Å². The summed E-state index contributed by atoms with van der Waals surface area (Å²) >= 11 is 0. The van der Waals surface area contributed by atoms with Crippen molar-refractivity contribution >= 4 is 17.5 Å². The molecule has 1 unspecified atom stereocenters. The van der Waals surface area contributed by atoms with Crippen LogP contribution in [-0.2, 0) is 19.1 Å². The van der Waals surface area contributed by atoms with Gasteiger partial charge in [-0.05, 0) is 6.08 Å². The van der Waals surface area contributed by atoms with Crippen LogP contribution in [0.4, 0.5) is 0 Å². The summed E-state index contributed by atoms with van der Waals surface area (Å²) in [5.74, 6) is -0.801. The number of nitrogens with zero attached hydrogens (tertiary/aromatic N) is 1. The monoisotopic (exact) mass is 233 g/mol. The molecular weight excluding hydrogens is 222 g/mol. The number of esters is 1. The van der Waals surface area contributed by atoms with Crippen molar-refractivity contribution in [1.82, 2.24) is 0 Å². The Morgan fingerprint density at radius 2 is 2.18 bits per heavy atom. The SMILES string of the molecule is COC(=O)C1=CC2C(=O)C=CN=C2C=C1OC. The number of hydrogen-bond donors (Lipinski definition) is 0. The van der Waals surface area contributed by atoms with Crippen molar-refractivity contribution in [2.24, 2.45) is 10.9 Å². The van der Waals surface area contributed by atoms with E-state index in [9.17, 15) is 9.59 Å². The predicted molar refractivity (Wildman–Crippen MR) is 60.3 cm³/mol. The molecule has 0 saturated heterocycles. The summed E-state index contributed by atoms with van der Waals surface area (Å²) in [4.78, 5) is 27.3. The molecule has 0 spiro atoms. The van der Waals surface area contributed by atoms with E-state index in [1.54, 1.807) is 6.08 Å². The lowest BCUT2D eigenvalue weighted by Gasteiger charge is -2.21. The van der Waals surface area contributed by atoms with Crippen LogP contribution in [0.1, 0.15) is 0 Å². The Bertz CT molecular complexity index is 497. The first-order valence-electron chi connectivity index (χ1n) is 5.01. The highest BCUT2D eigenvalue weighted by atomic mass is 16.5. The highest BCUT2D eigenvalue weighted by Gasteiger charge is 2.30. The minimum Gasteiger partial charge on any atom is -0.496 e. The number of carbonyl (C=O) groups is 2. The van der Waals surface area contributed by atoms with E-state index in [2.05, 4.69) is 9.73 Å². The molecule has 0 aromatic carbocycles. The van der Waals surface area contributed by atoms with Crippen LogP contribution < -0.4 is 0 Å². The van der Waals surface area contributed by atoms with E-state index in [0.29, 0.717) is 11.5 Å². The minimum absolute atomic E-state index is 0.109. The third-order valence-electron chi connectivity index (χ3n) is 2.59. The molecule has 5 heteroatoms. The lowest BCUT2D eigenvalue weighted by atomic mass is 9.88. The molecule has 0 amide bonds. The number of fused-ring (bicyclic) bond motifs is 1. The van der Waals surface area contributed by atoms with Crippen LogP contribution >= 0.6 is 0 Å². The van der Waals surface area contributed by atoms with Crippen LogP contribution in [0.2, 0.25) is 0 Å². The van der Waals surface area contributed by atoms with E-state index in [1.807, 2.05) is 0 Å². The van der Waals surface area contributed by atoms with Gasteiger partial charge >= 0.3 is 5.97 Å². The lowest BCUT2D eigenvalue weighted by Crippen LogP contribution is -2.27. The van der Waals surface area contributed by atoms with Gasteiger partial charge in [0.25, 0.3) is 0 Å². The first-order chi connectivity index (χ1) is 8.17. The Morgan fingerprint density at radius 1 is 1.41 bits per heavy atom. The molecule has 1 heterocycles. The van der Waals surface area contributed by atoms with Crippen LogP contribution in [0.5, 0.6) is 0 Å². The Hall–Kier alpha value is -2.17. The molecule has 5 nitrogen and oxygen atoms in total. The highest BCUT2D eigenvalue weighted by Crippen LogP contribution is 2.25. The average molecular weight is 233 g/mol. The summed E-state index contributed by atoms with van der Waals surface area (Å²) in [5, 5.41) is 0. The number of ketones is 1. The van der Waals surface area contributed by atoms with Crippen LogP contribution in [0.25, 0.3) is 0 Å². The first-order valence-corrected chi connectivity index (χ1v) is 5.01. The smallest absolute Gasteiger partial charge is 0.341 e. The van der Waals surface area contributed by atoms with Crippen LogP contribution in [-0.4, -0.2) is 31.7 Å². The van der Waals surface area contributed by atoms with Gasteiger partial charge in [0.15, 0.2) is 5.78 Å². The van der Waals surface area contributed by atoms with Gasteiger partial charge in [0.2, 0.25) is 0 Å². The van der Waals surface area contributed by atoms with Crippen molar-refractivity contribution in [2.75, 3.05) is 14.2 Å². The first kappa shape index (κ1) is 11.3. The Labute approximate surface area is 98.1 Å². The van der Waals surface area contributed by atoms with Crippen molar-refractivity contribution in [3.63, 3.8) is 0 Å². The summed E-state index contributed by atoms with van der Waals surface area (Å²) in [5.41, 5.74) is 0.824. The fourth-order valence-electron chi connectivity index (χ4n) is 1.73. The molecule has 2 aliphatic rings. The van der Waals surface area contributed by atoms with Crippen LogP contribution in [0, 0.1) is 5.92 Å². The summed E-state index contributed by atoms with van der Waals surface area (Å²) in [6, 6.07) is 0. The Kier molecular flexibility index (Phi) is 2.91. The van der Waals surface area contributed by atoms with Gasteiger partial charge in [-0.3, -0.25) is 9.79 Å². The quantitative estimate of drug-likeness (QED) is 0.661. The number of methoxy groups -OCH3 is 2. The predicted octanol–water partition coefficient (Wildman–Crippen LogP) is 0.783. The van der Waals surface area contributed by atoms with Gasteiger partial charge < -0.3 is 9.47 Å². The molecule has 88 valence electrons. The maximum Gasteiger partial charge on any atom is 0.341 e. The van der Waals surface area contributed by atoms with Crippen LogP contribution in [0.15, 0.2) is 40.8 Å². The molecule has 0 saturated carbocycles. The number of hydrogen-bond acceptors (Lipinski definition) is 5. The molecule has 0 N–H and O–H groups in total. The van der Waals surface area contributed by atoms with E-state index < -0.39 is 11.9 Å². The molecule has 0 fully saturated rings. The van der Waals surface area contributed by atoms with E-state index in [0.717, 1.165) is 0 Å². The van der Waals surface area contributed by atoms with Crippen LogP contribution in [0.3, 0.4) is 0 Å². The van der Waals surface area contributed by atoms with Crippen molar-refractivity contribution in [2.45, 2.75) is 0 Å². The van der Waals surface area contributed by atoms with E-state index in [-0.39, 0.29) is 11.4 Å². The normalized spacial score (nSPS) is 22.1. The zero-order valence-corrected chi connectivity index (χ0v) is 9.47. The minimum atomic E-state index is -0.528. The molecule has 1 atom stereocenters. The standard InChI is InChI=1S/C12H11NO4/c1-16-11-6-9-7(10(14)3-4-13-9)5-8(11)12(15)17-2/h3-7H,1-2H3. The Morgan fingerprint density at radius 3 is 2.82 bits per heavy atom. The fraction of sp³-hybridized carbons (Fsp3) is 0.250. The van der Waals surface area contributed by atoms with Gasteiger partial charge in [-0.1, -0.05) is 0 Å². The maximum absolute atomic E-state index is 11.6. The van der Waals surface area contributed by atoms with Crippen molar-refractivity contribution in [3.05, 3.63) is 35.8 Å². The van der Waals surface area contributed by atoms with E-state index >= 15 is 0 Å². The molecule has 0 bridgehead atoms. The zero-order valence-electron chi connectivity index (χ0n) is 9.47. The lowest BCUT2D eigenvalue weighted by molar-refractivity contribution is -0.136. The second-order valence-corrected chi connectivity index (χ2v) is 3.53. The number of carbonyl (C=O) groups excluding carboxylic acids is 2. The number of allylic oxidation sites excluding steroid dienone is 3. The maximum atomic E-state index is 11.6. The van der Waals surface area contributed by atoms with Gasteiger partial charge in [0.05, 0.1) is 31.4 Å². The third-order valence-corrected chi connectivity index (χ3v) is 2.59. The zero-order chi connectivity index (χ0) is 12.4. The molecule has 0 radical (unpaired) electrons. The van der Waals surface area contributed by atoms with Gasteiger partial charge in [0, 0.05) is 18.4 Å². The van der Waals surface area contributed by atoms with Gasteiger partial charge in [-0.15, -0.1) is 0 Å². The molecule has 0 aromatic rings. The molecule has 1 aliphatic heterocycles. The molecular formula is C12H11NO4. The average Bonchev–Trinajstić information content (AvgIpc) is 2.37. The molecule has 0 aromatic heterocycles. The van der Waals surface area contributed by atoms with Crippen molar-refractivity contribution < 1.29 is 19.1 Å². The van der Waals surface area contributed by atoms with Gasteiger partial charge in [0.1, 0.15) is 5.76 Å². The topological polar surface area (TPSA) is 65.0 Å². The molecule has 1 aliphatic carbocycles. The van der Waals surface area contributed by atoms with Gasteiger partial charge in [-0.25, -0.2) is 4.79 Å². The summed E-state index contributed by atoms with van der Waals surface area (Å²) < 4.78 is 9.73. The van der Waals surface area contributed by atoms with E-state index in [4.69, 9.17) is 4.74 Å². The Balaban J connectivity index is 2.44. The molecule has 2 rings (SSSR count). The van der Waals surface area contributed by atoms with Crippen molar-refractivity contribution in [3.8, 4) is 0 Å². The highest BCUT2D eigenvalue weighted by molar-refractivity contribution is 6.19. The summed E-state index contributed by atoms with van der Waals surface area (Å²) in [7, 11) is 2.73. The van der Waals surface area contributed by atoms with Crippen molar-refractivity contribution in [1.29, 1.82) is 0 Å². The molecule has 17 heavy (non-hydrogen) atoms. The third kappa shape index (κ3) is 1.91. The number of aliphatic imine (C=N–C) groups is 1. The number of rotatable bonds is 2. The summed E-state index contributed by atoms with van der Waals surface area (Å²) in [6.07, 6.45) is 5.92.